The molecule has 0 radical (unpaired) electrons. The summed E-state index contributed by atoms with van der Waals surface area (Å²) >= 11 is 0. The summed E-state index contributed by atoms with van der Waals surface area (Å²) < 4.78 is 26.4. The van der Waals surface area contributed by atoms with Gasteiger partial charge in [-0.2, -0.15) is 4.31 Å². The van der Waals surface area contributed by atoms with E-state index in [2.05, 4.69) is 0 Å². The Balaban J connectivity index is 2.30. The summed E-state index contributed by atoms with van der Waals surface area (Å²) in [5.41, 5.74) is 6.70. The predicted molar refractivity (Wildman–Crippen MR) is 71.6 cm³/mol. The topological polar surface area (TPSA) is 63.4 Å². The van der Waals surface area contributed by atoms with Crippen LogP contribution in [0.2, 0.25) is 0 Å². The first kappa shape index (κ1) is 13.5. The SMILES string of the molecule is CC(N)c1ccc(S(=O)(=O)N2CCCC2C)cc1. The summed E-state index contributed by atoms with van der Waals surface area (Å²) in [7, 11) is -3.34. The van der Waals surface area contributed by atoms with E-state index in [1.165, 1.54) is 0 Å². The average Bonchev–Trinajstić information content (AvgIpc) is 2.76. The predicted octanol–water partition coefficient (Wildman–Crippen LogP) is 1.88. The van der Waals surface area contributed by atoms with Crippen molar-refractivity contribution in [3.8, 4) is 0 Å². The highest BCUT2D eigenvalue weighted by atomic mass is 32.2. The third kappa shape index (κ3) is 2.43. The molecule has 5 heteroatoms. The fourth-order valence-electron chi connectivity index (χ4n) is 2.34. The van der Waals surface area contributed by atoms with Gasteiger partial charge in [-0.25, -0.2) is 8.42 Å². The Kier molecular flexibility index (Phi) is 3.75. The van der Waals surface area contributed by atoms with Crippen molar-refractivity contribution < 1.29 is 8.42 Å². The molecule has 4 nitrogen and oxygen atoms in total. The van der Waals surface area contributed by atoms with Crippen LogP contribution in [0.5, 0.6) is 0 Å². The molecule has 1 saturated heterocycles. The molecule has 2 atom stereocenters. The number of hydrogen-bond donors (Lipinski definition) is 1. The maximum absolute atomic E-state index is 12.4. The van der Waals surface area contributed by atoms with Crippen LogP contribution in [-0.2, 0) is 10.0 Å². The van der Waals surface area contributed by atoms with E-state index in [0.29, 0.717) is 11.4 Å². The first-order valence-corrected chi connectivity index (χ1v) is 7.74. The molecular weight excluding hydrogens is 248 g/mol. The van der Waals surface area contributed by atoms with Crippen LogP contribution in [0.1, 0.15) is 38.3 Å². The lowest BCUT2D eigenvalue weighted by Gasteiger charge is -2.21. The number of sulfonamides is 1. The minimum atomic E-state index is -3.34. The largest absolute Gasteiger partial charge is 0.324 e. The van der Waals surface area contributed by atoms with Gasteiger partial charge in [0.25, 0.3) is 0 Å². The van der Waals surface area contributed by atoms with Gasteiger partial charge in [0.15, 0.2) is 0 Å². The van der Waals surface area contributed by atoms with E-state index >= 15 is 0 Å². The first-order chi connectivity index (χ1) is 8.43. The summed E-state index contributed by atoms with van der Waals surface area (Å²) in [6.45, 7) is 4.46. The molecule has 2 rings (SSSR count). The van der Waals surface area contributed by atoms with E-state index in [9.17, 15) is 8.42 Å². The molecule has 1 aromatic rings. The van der Waals surface area contributed by atoms with Gasteiger partial charge < -0.3 is 5.73 Å². The van der Waals surface area contributed by atoms with Gasteiger partial charge in [0.05, 0.1) is 4.90 Å². The van der Waals surface area contributed by atoms with Gasteiger partial charge in [0.1, 0.15) is 0 Å². The van der Waals surface area contributed by atoms with Gasteiger partial charge >= 0.3 is 0 Å². The molecular formula is C13H20N2O2S. The van der Waals surface area contributed by atoms with Gasteiger partial charge in [0.2, 0.25) is 10.0 Å². The number of rotatable bonds is 3. The second-order valence-corrected chi connectivity index (χ2v) is 6.86. The van der Waals surface area contributed by atoms with Gasteiger partial charge in [-0.3, -0.25) is 0 Å². The third-order valence-corrected chi connectivity index (χ3v) is 5.53. The lowest BCUT2D eigenvalue weighted by Crippen LogP contribution is -2.33. The van der Waals surface area contributed by atoms with Crippen LogP contribution in [0.15, 0.2) is 29.2 Å². The quantitative estimate of drug-likeness (QED) is 0.910. The molecule has 2 N–H and O–H groups in total. The fraction of sp³-hybridized carbons (Fsp3) is 0.538. The minimum Gasteiger partial charge on any atom is -0.324 e. The van der Waals surface area contributed by atoms with Crippen molar-refractivity contribution in [1.29, 1.82) is 0 Å². The molecule has 100 valence electrons. The van der Waals surface area contributed by atoms with Crippen LogP contribution >= 0.6 is 0 Å². The molecule has 1 aromatic carbocycles. The van der Waals surface area contributed by atoms with Crippen LogP contribution in [0.4, 0.5) is 0 Å². The summed E-state index contributed by atoms with van der Waals surface area (Å²) in [6, 6.07) is 6.91. The van der Waals surface area contributed by atoms with Gasteiger partial charge in [-0.1, -0.05) is 12.1 Å². The van der Waals surface area contributed by atoms with Crippen molar-refractivity contribution >= 4 is 10.0 Å². The second-order valence-electron chi connectivity index (χ2n) is 4.96. The molecule has 1 fully saturated rings. The van der Waals surface area contributed by atoms with E-state index in [4.69, 9.17) is 5.73 Å². The van der Waals surface area contributed by atoms with Gasteiger partial charge in [-0.15, -0.1) is 0 Å². The smallest absolute Gasteiger partial charge is 0.243 e. The van der Waals surface area contributed by atoms with Crippen molar-refractivity contribution in [3.05, 3.63) is 29.8 Å². The number of hydrogen-bond acceptors (Lipinski definition) is 3. The van der Waals surface area contributed by atoms with E-state index in [0.717, 1.165) is 18.4 Å². The first-order valence-electron chi connectivity index (χ1n) is 6.30. The molecule has 0 amide bonds. The zero-order valence-electron chi connectivity index (χ0n) is 10.8. The van der Waals surface area contributed by atoms with Crippen LogP contribution in [-0.4, -0.2) is 25.3 Å². The van der Waals surface area contributed by atoms with E-state index in [1.54, 1.807) is 28.6 Å². The fourth-order valence-corrected chi connectivity index (χ4v) is 4.04. The van der Waals surface area contributed by atoms with E-state index in [1.807, 2.05) is 13.8 Å². The Morgan fingerprint density at radius 2 is 1.94 bits per heavy atom. The Hall–Kier alpha value is -0.910. The molecule has 1 aliphatic rings. The molecule has 2 unspecified atom stereocenters. The lowest BCUT2D eigenvalue weighted by atomic mass is 10.1. The molecule has 0 aliphatic carbocycles. The Morgan fingerprint density at radius 1 is 1.33 bits per heavy atom. The average molecular weight is 268 g/mol. The van der Waals surface area contributed by atoms with Crippen LogP contribution in [0.25, 0.3) is 0 Å². The molecule has 1 aliphatic heterocycles. The zero-order valence-corrected chi connectivity index (χ0v) is 11.7. The number of nitrogens with two attached hydrogens (primary N) is 1. The highest BCUT2D eigenvalue weighted by molar-refractivity contribution is 7.89. The Morgan fingerprint density at radius 3 is 2.39 bits per heavy atom. The standard InChI is InChI=1S/C13H20N2O2S/c1-10-4-3-9-15(10)18(16,17)13-7-5-12(6-8-13)11(2)14/h5-8,10-11H,3-4,9,14H2,1-2H3. The molecule has 0 bridgehead atoms. The summed E-state index contributed by atoms with van der Waals surface area (Å²) in [5.74, 6) is 0. The molecule has 0 spiro atoms. The Bertz CT molecular complexity index is 508. The highest BCUT2D eigenvalue weighted by Crippen LogP contribution is 2.26. The maximum atomic E-state index is 12.4. The van der Waals surface area contributed by atoms with Crippen LogP contribution in [0, 0.1) is 0 Å². The summed E-state index contributed by atoms with van der Waals surface area (Å²) in [6.07, 6.45) is 1.88. The van der Waals surface area contributed by atoms with Gasteiger partial charge in [-0.05, 0) is 44.4 Å². The zero-order chi connectivity index (χ0) is 13.3. The van der Waals surface area contributed by atoms with Crippen molar-refractivity contribution in [2.45, 2.75) is 43.7 Å². The van der Waals surface area contributed by atoms with Crippen molar-refractivity contribution in [2.24, 2.45) is 5.73 Å². The van der Waals surface area contributed by atoms with Crippen molar-refractivity contribution in [1.82, 2.24) is 4.31 Å². The minimum absolute atomic E-state index is 0.0764. The van der Waals surface area contributed by atoms with Crippen molar-refractivity contribution in [2.75, 3.05) is 6.54 Å². The summed E-state index contributed by atoms with van der Waals surface area (Å²) in [4.78, 5) is 0.362. The molecule has 0 saturated carbocycles. The molecule has 0 aromatic heterocycles. The lowest BCUT2D eigenvalue weighted by molar-refractivity contribution is 0.408. The van der Waals surface area contributed by atoms with E-state index in [-0.39, 0.29) is 12.1 Å². The highest BCUT2D eigenvalue weighted by Gasteiger charge is 2.32. The second kappa shape index (κ2) is 4.99. The monoisotopic (exact) mass is 268 g/mol. The maximum Gasteiger partial charge on any atom is 0.243 e. The number of benzene rings is 1. The van der Waals surface area contributed by atoms with Crippen LogP contribution in [0.3, 0.4) is 0 Å². The van der Waals surface area contributed by atoms with Crippen LogP contribution < -0.4 is 5.73 Å². The number of nitrogens with zero attached hydrogens (tertiary/aromatic N) is 1. The van der Waals surface area contributed by atoms with Crippen molar-refractivity contribution in [3.63, 3.8) is 0 Å². The third-order valence-electron chi connectivity index (χ3n) is 3.50. The molecule has 18 heavy (non-hydrogen) atoms. The van der Waals surface area contributed by atoms with Gasteiger partial charge in [0, 0.05) is 18.6 Å². The summed E-state index contributed by atoms with van der Waals surface area (Å²) in [5, 5.41) is 0. The van der Waals surface area contributed by atoms with E-state index < -0.39 is 10.0 Å². The molecule has 1 heterocycles. The Labute approximate surface area is 109 Å². The normalized spacial score (nSPS) is 23.2.